The molecular weight excluding hydrogens is 482 g/mol. The highest BCUT2D eigenvalue weighted by Gasteiger charge is 2.41. The van der Waals surface area contributed by atoms with Crippen LogP contribution in [0.1, 0.15) is 12.1 Å². The molecule has 0 aliphatic carbocycles. The smallest absolute Gasteiger partial charge is 0.333 e. The van der Waals surface area contributed by atoms with Crippen LogP contribution in [0.4, 0.5) is 5.69 Å². The maximum atomic E-state index is 13.2. The zero-order valence-corrected chi connectivity index (χ0v) is 21.3. The fourth-order valence-electron chi connectivity index (χ4n) is 4.99. The minimum absolute atomic E-state index is 0.217. The highest BCUT2D eigenvalue weighted by molar-refractivity contribution is 7.84. The van der Waals surface area contributed by atoms with E-state index in [0.717, 1.165) is 37.4 Å². The molecule has 5 rings (SSSR count). The average Bonchev–Trinajstić information content (AvgIpc) is 3.35. The third kappa shape index (κ3) is 4.87. The van der Waals surface area contributed by atoms with Gasteiger partial charge >= 0.3 is 10.3 Å². The fraction of sp³-hybridized carbons (Fsp3) is 0.458. The Hall–Kier alpha value is -2.90. The Bertz CT molecular complexity index is 1430. The number of likely N-dealkylation sites (N-methyl/N-ethyl adjacent to an activating group) is 1. The molecule has 1 atom stereocenters. The van der Waals surface area contributed by atoms with Crippen molar-refractivity contribution in [1.82, 2.24) is 24.8 Å². The molecule has 2 aliphatic heterocycles. The summed E-state index contributed by atoms with van der Waals surface area (Å²) in [6.07, 6.45) is 2.02. The summed E-state index contributed by atoms with van der Waals surface area (Å²) in [5.41, 5.74) is 2.57. The lowest BCUT2D eigenvalue weighted by Gasteiger charge is -2.34. The lowest BCUT2D eigenvalue weighted by Crippen LogP contribution is -2.44. The van der Waals surface area contributed by atoms with Gasteiger partial charge in [0.05, 0.1) is 40.6 Å². The molecule has 4 heterocycles. The highest BCUT2D eigenvalue weighted by Crippen LogP contribution is 2.36. The summed E-state index contributed by atoms with van der Waals surface area (Å²) in [6, 6.07) is 10.0. The molecule has 3 N–H and O–H groups in total. The van der Waals surface area contributed by atoms with Crippen LogP contribution in [-0.4, -0.2) is 80.8 Å². The average molecular weight is 514 g/mol. The molecule has 1 aromatic carbocycles. The highest BCUT2D eigenvalue weighted by atomic mass is 32.2. The number of rotatable bonds is 6. The van der Waals surface area contributed by atoms with Gasteiger partial charge in [0.2, 0.25) is 0 Å². The van der Waals surface area contributed by atoms with E-state index in [0.29, 0.717) is 41.8 Å². The van der Waals surface area contributed by atoms with Crippen LogP contribution in [0.15, 0.2) is 41.5 Å². The summed E-state index contributed by atoms with van der Waals surface area (Å²) in [7, 11) is -0.413. The molecule has 11 nitrogen and oxygen atoms in total. The van der Waals surface area contributed by atoms with Gasteiger partial charge in [0.15, 0.2) is 0 Å². The molecule has 0 saturated carbocycles. The van der Waals surface area contributed by atoms with Crippen LogP contribution in [-0.2, 0) is 26.9 Å². The minimum Gasteiger partial charge on any atom is -0.369 e. The van der Waals surface area contributed by atoms with Crippen molar-refractivity contribution in [3.8, 4) is 11.3 Å². The summed E-state index contributed by atoms with van der Waals surface area (Å²) in [5.74, 6) is 0. The van der Waals surface area contributed by atoms with Crippen molar-refractivity contribution in [2.75, 3.05) is 57.8 Å². The Kier molecular flexibility index (Phi) is 6.55. The van der Waals surface area contributed by atoms with Gasteiger partial charge in [-0.1, -0.05) is 12.1 Å². The maximum absolute atomic E-state index is 13.2. The SMILES string of the molecule is CN1CCN(c2ccc(-c3cc4ncn(C)c(=O)c4c([C@]4(COS(N)(=O)=O)CCNC4)n3)cc2)CC1. The van der Waals surface area contributed by atoms with E-state index in [1.165, 1.54) is 10.9 Å². The number of nitrogens with one attached hydrogen (secondary N) is 1. The number of hydrogen-bond acceptors (Lipinski definition) is 9. The third-order valence-corrected chi connectivity index (χ3v) is 7.63. The number of nitrogens with two attached hydrogens (primary N) is 1. The molecule has 2 saturated heterocycles. The normalized spacial score (nSPS) is 21.4. The van der Waals surface area contributed by atoms with E-state index in [1.54, 1.807) is 7.05 Å². The second kappa shape index (κ2) is 9.52. The van der Waals surface area contributed by atoms with Crippen molar-refractivity contribution in [3.63, 3.8) is 0 Å². The van der Waals surface area contributed by atoms with Crippen LogP contribution in [0.25, 0.3) is 22.2 Å². The van der Waals surface area contributed by atoms with E-state index in [1.807, 2.05) is 18.2 Å². The lowest BCUT2D eigenvalue weighted by atomic mass is 9.82. The fourth-order valence-corrected chi connectivity index (χ4v) is 5.38. The number of aryl methyl sites for hydroxylation is 1. The largest absolute Gasteiger partial charge is 0.369 e. The van der Waals surface area contributed by atoms with Gasteiger partial charge in [-0.05, 0) is 38.2 Å². The maximum Gasteiger partial charge on any atom is 0.333 e. The molecule has 2 aromatic heterocycles. The van der Waals surface area contributed by atoms with E-state index in [2.05, 4.69) is 39.3 Å². The second-order valence-electron chi connectivity index (χ2n) is 9.71. The van der Waals surface area contributed by atoms with E-state index in [-0.39, 0.29) is 12.2 Å². The predicted octanol–water partition coefficient (Wildman–Crippen LogP) is 0.199. The number of piperazine rings is 1. The van der Waals surface area contributed by atoms with Gasteiger partial charge in [-0.15, -0.1) is 0 Å². The van der Waals surface area contributed by atoms with Crippen LogP contribution in [0, 0.1) is 0 Å². The zero-order valence-electron chi connectivity index (χ0n) is 20.5. The van der Waals surface area contributed by atoms with Crippen molar-refractivity contribution in [2.24, 2.45) is 12.2 Å². The van der Waals surface area contributed by atoms with E-state index < -0.39 is 15.7 Å². The second-order valence-corrected chi connectivity index (χ2v) is 10.9. The number of aromatic nitrogens is 3. The quantitative estimate of drug-likeness (QED) is 0.474. The van der Waals surface area contributed by atoms with Crippen molar-refractivity contribution < 1.29 is 12.6 Å². The first-order valence-corrected chi connectivity index (χ1v) is 13.4. The molecule has 0 unspecified atom stereocenters. The number of fused-ring (bicyclic) bond motifs is 1. The summed E-state index contributed by atoms with van der Waals surface area (Å²) < 4.78 is 29.7. The van der Waals surface area contributed by atoms with Crippen LogP contribution >= 0.6 is 0 Å². The molecule has 0 bridgehead atoms. The summed E-state index contributed by atoms with van der Waals surface area (Å²) in [6.45, 7) is 4.80. The van der Waals surface area contributed by atoms with Crippen molar-refractivity contribution in [1.29, 1.82) is 0 Å². The molecule has 3 aromatic rings. The molecular formula is C24H31N7O4S. The van der Waals surface area contributed by atoms with Crippen LogP contribution in [0.2, 0.25) is 0 Å². The van der Waals surface area contributed by atoms with Gasteiger partial charge in [-0.2, -0.15) is 8.42 Å². The number of benzene rings is 1. The van der Waals surface area contributed by atoms with Crippen molar-refractivity contribution in [3.05, 3.63) is 52.7 Å². The Morgan fingerprint density at radius 2 is 1.86 bits per heavy atom. The topological polar surface area (TPSA) is 136 Å². The van der Waals surface area contributed by atoms with Gasteiger partial charge in [0.1, 0.15) is 0 Å². The Morgan fingerprint density at radius 1 is 1.14 bits per heavy atom. The number of anilines is 1. The molecule has 36 heavy (non-hydrogen) atoms. The molecule has 0 radical (unpaired) electrons. The first-order chi connectivity index (χ1) is 17.2. The van der Waals surface area contributed by atoms with Crippen LogP contribution in [0.5, 0.6) is 0 Å². The Morgan fingerprint density at radius 3 is 2.50 bits per heavy atom. The number of nitrogens with zero attached hydrogens (tertiary/aromatic N) is 5. The summed E-state index contributed by atoms with van der Waals surface area (Å²) in [5, 5.41) is 8.77. The van der Waals surface area contributed by atoms with Crippen LogP contribution < -0.4 is 20.9 Å². The summed E-state index contributed by atoms with van der Waals surface area (Å²) in [4.78, 5) is 27.3. The van der Waals surface area contributed by atoms with Gasteiger partial charge < -0.3 is 19.7 Å². The molecule has 12 heteroatoms. The van der Waals surface area contributed by atoms with Crippen LogP contribution in [0.3, 0.4) is 0 Å². The standard InChI is InChI=1S/C24H31N7O4S/c1-29-9-11-31(12-10-29)18-5-3-17(4-6-18)19-13-20-21(23(32)30(2)16-27-20)22(28-19)24(7-8-26-14-24)15-35-36(25,33)34/h3-6,13,16,26H,7-12,14-15H2,1-2H3,(H2,25,33,34)/t24-/m1/s1. The van der Waals surface area contributed by atoms with Gasteiger partial charge in [0, 0.05) is 51.0 Å². The van der Waals surface area contributed by atoms with E-state index in [4.69, 9.17) is 14.3 Å². The summed E-state index contributed by atoms with van der Waals surface area (Å²) >= 11 is 0. The van der Waals surface area contributed by atoms with Crippen molar-refractivity contribution >= 4 is 26.9 Å². The Balaban J connectivity index is 1.60. The third-order valence-electron chi connectivity index (χ3n) is 7.18. The number of pyridine rings is 1. The van der Waals surface area contributed by atoms with Gasteiger partial charge in [-0.25, -0.2) is 10.1 Å². The van der Waals surface area contributed by atoms with Gasteiger partial charge in [0.25, 0.3) is 5.56 Å². The Labute approximate surface area is 210 Å². The monoisotopic (exact) mass is 513 g/mol. The van der Waals surface area contributed by atoms with E-state index >= 15 is 0 Å². The number of hydrogen-bond donors (Lipinski definition) is 2. The van der Waals surface area contributed by atoms with E-state index in [9.17, 15) is 13.2 Å². The van der Waals surface area contributed by atoms with Crippen molar-refractivity contribution in [2.45, 2.75) is 11.8 Å². The minimum atomic E-state index is -4.17. The molecule has 2 fully saturated rings. The first-order valence-electron chi connectivity index (χ1n) is 11.9. The first kappa shape index (κ1) is 24.8. The molecule has 0 spiro atoms. The molecule has 0 amide bonds. The van der Waals surface area contributed by atoms with Gasteiger partial charge in [-0.3, -0.25) is 14.0 Å². The molecule has 2 aliphatic rings. The zero-order chi connectivity index (χ0) is 25.5. The lowest BCUT2D eigenvalue weighted by molar-refractivity contribution is 0.230. The molecule has 192 valence electrons. The predicted molar refractivity (Wildman–Crippen MR) is 138 cm³/mol.